The number of amides is 1. The Kier molecular flexibility index (Phi) is 7.71. The summed E-state index contributed by atoms with van der Waals surface area (Å²) in [6.45, 7) is 8.66. The van der Waals surface area contributed by atoms with Gasteiger partial charge in [-0.25, -0.2) is 4.79 Å². The highest BCUT2D eigenvalue weighted by molar-refractivity contribution is 7.17. The molecule has 0 bridgehead atoms. The van der Waals surface area contributed by atoms with E-state index in [9.17, 15) is 9.59 Å². The molecule has 0 spiro atoms. The fraction of sp³-hybridized carbons (Fsp3) is 0.462. The van der Waals surface area contributed by atoms with Gasteiger partial charge in [0.05, 0.1) is 12.2 Å². The average molecular weight is 440 g/mol. The van der Waals surface area contributed by atoms with Gasteiger partial charge in [0, 0.05) is 11.0 Å². The Labute approximate surface area is 189 Å². The molecule has 0 fully saturated rings. The first-order chi connectivity index (χ1) is 14.8. The lowest BCUT2D eigenvalue weighted by Gasteiger charge is -2.18. The van der Waals surface area contributed by atoms with Crippen molar-refractivity contribution in [2.45, 2.75) is 71.6 Å². The van der Waals surface area contributed by atoms with Crippen molar-refractivity contribution in [1.82, 2.24) is 0 Å². The normalized spacial score (nSPS) is 14.6. The van der Waals surface area contributed by atoms with E-state index >= 15 is 0 Å². The second kappa shape index (κ2) is 10.3. The third-order valence-corrected chi connectivity index (χ3v) is 6.80. The maximum absolute atomic E-state index is 12.7. The molecule has 166 valence electrons. The van der Waals surface area contributed by atoms with Crippen molar-refractivity contribution in [2.75, 3.05) is 11.9 Å². The molecule has 0 atom stereocenters. The van der Waals surface area contributed by atoms with E-state index in [1.807, 2.05) is 12.1 Å². The standard InChI is InChI=1S/C26H33NO3S/c1-5-30-25(29)23-20-10-8-6-7-9-11-21(20)31-24(23)27-22(28)17-14-18-12-15-19(16-13-18)26(2,3)4/h12-17H,5-11H2,1-4H3,(H,27,28). The zero-order chi connectivity index (χ0) is 22.4. The Morgan fingerprint density at radius 1 is 1.06 bits per heavy atom. The van der Waals surface area contributed by atoms with Gasteiger partial charge >= 0.3 is 5.97 Å². The van der Waals surface area contributed by atoms with Crippen LogP contribution < -0.4 is 5.32 Å². The highest BCUT2D eigenvalue weighted by Gasteiger charge is 2.25. The summed E-state index contributed by atoms with van der Waals surface area (Å²) in [5.74, 6) is -0.572. The molecule has 0 saturated heterocycles. The number of nitrogens with one attached hydrogen (secondary N) is 1. The van der Waals surface area contributed by atoms with Crippen LogP contribution in [-0.2, 0) is 27.8 Å². The smallest absolute Gasteiger partial charge is 0.341 e. The fourth-order valence-corrected chi connectivity index (χ4v) is 5.13. The number of aryl methyl sites for hydroxylation is 1. The van der Waals surface area contributed by atoms with Crippen LogP contribution in [-0.4, -0.2) is 18.5 Å². The first kappa shape index (κ1) is 23.3. The predicted octanol–water partition coefficient (Wildman–Crippen LogP) is 6.53. The van der Waals surface area contributed by atoms with Crippen LogP contribution in [0.15, 0.2) is 30.3 Å². The Morgan fingerprint density at radius 3 is 2.39 bits per heavy atom. The average Bonchev–Trinajstić information content (AvgIpc) is 3.02. The zero-order valence-electron chi connectivity index (χ0n) is 19.0. The molecule has 0 radical (unpaired) electrons. The first-order valence-corrected chi connectivity index (χ1v) is 12.0. The van der Waals surface area contributed by atoms with Crippen LogP contribution in [0.1, 0.15) is 85.3 Å². The molecule has 1 heterocycles. The molecular formula is C26H33NO3S. The summed E-state index contributed by atoms with van der Waals surface area (Å²) >= 11 is 1.53. The fourth-order valence-electron chi connectivity index (χ4n) is 3.85. The van der Waals surface area contributed by atoms with Gasteiger partial charge in [-0.3, -0.25) is 4.79 Å². The van der Waals surface area contributed by atoms with Gasteiger partial charge in [0.2, 0.25) is 5.91 Å². The van der Waals surface area contributed by atoms with E-state index in [1.165, 1.54) is 40.7 Å². The van der Waals surface area contributed by atoms with E-state index in [0.717, 1.165) is 36.8 Å². The molecule has 3 rings (SSSR count). The van der Waals surface area contributed by atoms with Crippen molar-refractivity contribution in [3.8, 4) is 0 Å². The SMILES string of the molecule is CCOC(=O)c1c(NC(=O)C=Cc2ccc(C(C)(C)C)cc2)sc2c1CCCCCC2. The van der Waals surface area contributed by atoms with Crippen molar-refractivity contribution in [3.05, 3.63) is 57.5 Å². The maximum atomic E-state index is 12.7. The van der Waals surface area contributed by atoms with Crippen molar-refractivity contribution < 1.29 is 14.3 Å². The zero-order valence-corrected chi connectivity index (χ0v) is 19.9. The minimum absolute atomic E-state index is 0.0964. The molecule has 4 nitrogen and oxygen atoms in total. The van der Waals surface area contributed by atoms with Crippen molar-refractivity contribution in [1.29, 1.82) is 0 Å². The number of anilines is 1. The number of thiophene rings is 1. The molecular weight excluding hydrogens is 406 g/mol. The lowest BCUT2D eigenvalue weighted by Crippen LogP contribution is -2.13. The van der Waals surface area contributed by atoms with Gasteiger partial charge in [-0.05, 0) is 60.8 Å². The number of rotatable bonds is 5. The highest BCUT2D eigenvalue weighted by Crippen LogP contribution is 2.37. The number of fused-ring (bicyclic) bond motifs is 1. The second-order valence-corrected chi connectivity index (χ2v) is 10.1. The van der Waals surface area contributed by atoms with E-state index in [-0.39, 0.29) is 17.3 Å². The predicted molar refractivity (Wildman–Crippen MR) is 129 cm³/mol. The molecule has 0 aliphatic heterocycles. The quantitative estimate of drug-likeness (QED) is 0.425. The van der Waals surface area contributed by atoms with Gasteiger partial charge in [-0.2, -0.15) is 0 Å². The number of esters is 1. The molecule has 1 aliphatic carbocycles. The van der Waals surface area contributed by atoms with Crippen LogP contribution in [0.4, 0.5) is 5.00 Å². The summed E-state index contributed by atoms with van der Waals surface area (Å²) in [5.41, 5.74) is 3.94. The van der Waals surface area contributed by atoms with E-state index < -0.39 is 0 Å². The Hall–Kier alpha value is -2.40. The van der Waals surface area contributed by atoms with Crippen molar-refractivity contribution in [3.63, 3.8) is 0 Å². The van der Waals surface area contributed by atoms with Gasteiger partial charge in [0.15, 0.2) is 0 Å². The molecule has 2 aromatic rings. The van der Waals surface area contributed by atoms with E-state index in [2.05, 4.69) is 38.2 Å². The van der Waals surface area contributed by atoms with Gasteiger partial charge in [0.25, 0.3) is 0 Å². The molecule has 5 heteroatoms. The van der Waals surface area contributed by atoms with Crippen LogP contribution in [0, 0.1) is 0 Å². The molecule has 1 aliphatic rings. The maximum Gasteiger partial charge on any atom is 0.341 e. The van der Waals surface area contributed by atoms with E-state index in [4.69, 9.17) is 4.74 Å². The van der Waals surface area contributed by atoms with Crippen molar-refractivity contribution >= 4 is 34.3 Å². The molecule has 1 N–H and O–H groups in total. The molecule has 0 saturated carbocycles. The third-order valence-electron chi connectivity index (χ3n) is 5.59. The third kappa shape index (κ3) is 6.07. The Morgan fingerprint density at radius 2 is 1.74 bits per heavy atom. The summed E-state index contributed by atoms with van der Waals surface area (Å²) in [6.07, 6.45) is 9.72. The molecule has 31 heavy (non-hydrogen) atoms. The molecule has 1 aromatic heterocycles. The summed E-state index contributed by atoms with van der Waals surface area (Å²) in [5, 5.41) is 3.56. The number of benzene rings is 1. The van der Waals surface area contributed by atoms with Crippen LogP contribution in [0.2, 0.25) is 0 Å². The number of hydrogen-bond acceptors (Lipinski definition) is 4. The molecule has 0 unspecified atom stereocenters. The van der Waals surface area contributed by atoms with Crippen LogP contribution in [0.5, 0.6) is 0 Å². The lowest BCUT2D eigenvalue weighted by atomic mass is 9.87. The molecule has 1 amide bonds. The Balaban J connectivity index is 1.79. The number of hydrogen-bond donors (Lipinski definition) is 1. The van der Waals surface area contributed by atoms with Gasteiger partial charge in [0.1, 0.15) is 5.00 Å². The van der Waals surface area contributed by atoms with Gasteiger partial charge in [-0.1, -0.05) is 57.9 Å². The summed E-state index contributed by atoms with van der Waals surface area (Å²) in [4.78, 5) is 26.5. The number of ether oxygens (including phenoxy) is 1. The molecule has 1 aromatic carbocycles. The summed E-state index contributed by atoms with van der Waals surface area (Å²) in [6, 6.07) is 8.22. The summed E-state index contributed by atoms with van der Waals surface area (Å²) in [7, 11) is 0. The van der Waals surface area contributed by atoms with E-state index in [1.54, 1.807) is 13.0 Å². The van der Waals surface area contributed by atoms with Crippen LogP contribution in [0.25, 0.3) is 6.08 Å². The van der Waals surface area contributed by atoms with Crippen LogP contribution >= 0.6 is 11.3 Å². The monoisotopic (exact) mass is 439 g/mol. The van der Waals surface area contributed by atoms with E-state index in [0.29, 0.717) is 17.2 Å². The largest absolute Gasteiger partial charge is 0.462 e. The Bertz CT molecular complexity index is 948. The second-order valence-electron chi connectivity index (χ2n) is 9.04. The number of carbonyl (C=O) groups excluding carboxylic acids is 2. The lowest BCUT2D eigenvalue weighted by molar-refractivity contribution is -0.111. The van der Waals surface area contributed by atoms with Crippen LogP contribution in [0.3, 0.4) is 0 Å². The minimum Gasteiger partial charge on any atom is -0.462 e. The minimum atomic E-state index is -0.336. The van der Waals surface area contributed by atoms with Gasteiger partial charge in [-0.15, -0.1) is 11.3 Å². The topological polar surface area (TPSA) is 55.4 Å². The number of carbonyl (C=O) groups is 2. The van der Waals surface area contributed by atoms with Crippen molar-refractivity contribution in [2.24, 2.45) is 0 Å². The highest BCUT2D eigenvalue weighted by atomic mass is 32.1. The van der Waals surface area contributed by atoms with Gasteiger partial charge < -0.3 is 10.1 Å². The first-order valence-electron chi connectivity index (χ1n) is 11.2. The summed E-state index contributed by atoms with van der Waals surface area (Å²) < 4.78 is 5.31.